The van der Waals surface area contributed by atoms with Crippen LogP contribution >= 0.6 is 0 Å². The Kier molecular flexibility index (Phi) is 6.72. The van der Waals surface area contributed by atoms with Crippen LogP contribution in [0, 0.1) is 5.41 Å². The van der Waals surface area contributed by atoms with Gasteiger partial charge in [-0.3, -0.25) is 14.4 Å². The molecule has 1 fully saturated rings. The summed E-state index contributed by atoms with van der Waals surface area (Å²) in [6, 6.07) is 9.76. The highest BCUT2D eigenvalue weighted by Gasteiger charge is 2.35. The number of carbonyl (C=O) groups is 3. The molecule has 0 heterocycles. The summed E-state index contributed by atoms with van der Waals surface area (Å²) in [7, 11) is 0. The molecule has 1 aliphatic carbocycles. The van der Waals surface area contributed by atoms with Crippen molar-refractivity contribution in [3.05, 3.63) is 47.7 Å². The van der Waals surface area contributed by atoms with Gasteiger partial charge >= 0.3 is 5.97 Å². The van der Waals surface area contributed by atoms with E-state index >= 15 is 0 Å². The normalized spacial score (nSPS) is 16.3. The van der Waals surface area contributed by atoms with Crippen LogP contribution in [0.15, 0.2) is 42.1 Å². The summed E-state index contributed by atoms with van der Waals surface area (Å²) < 4.78 is 4.98. The number of esters is 1. The van der Waals surface area contributed by atoms with Crippen LogP contribution in [0.4, 0.5) is 0 Å². The van der Waals surface area contributed by atoms with E-state index < -0.39 is 0 Å². The number of allylic oxidation sites excluding steroid dienone is 1. The van der Waals surface area contributed by atoms with Gasteiger partial charge in [-0.15, -0.1) is 0 Å². The number of carbonyl (C=O) groups excluding carboxylic acids is 3. The van der Waals surface area contributed by atoms with E-state index in [2.05, 4.69) is 0 Å². The smallest absolute Gasteiger partial charge is 0.307 e. The average Bonchev–Trinajstić information content (AvgIpc) is 2.56. The van der Waals surface area contributed by atoms with E-state index in [1.165, 1.54) is 0 Å². The van der Waals surface area contributed by atoms with Gasteiger partial charge in [0.2, 0.25) is 0 Å². The van der Waals surface area contributed by atoms with Gasteiger partial charge in [-0.1, -0.05) is 44.2 Å². The van der Waals surface area contributed by atoms with Gasteiger partial charge < -0.3 is 9.64 Å². The highest BCUT2D eigenvalue weighted by atomic mass is 16.5. The fraction of sp³-hybridized carbons (Fsp3) is 0.476. The summed E-state index contributed by atoms with van der Waals surface area (Å²) >= 11 is 0. The lowest BCUT2D eigenvalue weighted by Crippen LogP contribution is -2.33. The lowest BCUT2D eigenvalue weighted by atomic mass is 9.74. The molecular formula is C21H27NO4. The largest absolute Gasteiger partial charge is 0.466 e. The Hall–Kier alpha value is -2.43. The second kappa shape index (κ2) is 8.79. The SMILES string of the molecule is CCOC(=O)CCN(C=C1C(=O)CC(C)(C)CC1=O)Cc1ccccc1. The number of ketones is 2. The molecule has 0 saturated heterocycles. The summed E-state index contributed by atoms with van der Waals surface area (Å²) in [5, 5.41) is 0. The standard InChI is InChI=1S/C21H27NO4/c1-4-26-20(25)10-11-22(14-16-8-6-5-7-9-16)15-17-18(23)12-21(2,3)13-19(17)24/h5-9,15H,4,10-14H2,1-3H3. The van der Waals surface area contributed by atoms with Crippen molar-refractivity contribution in [2.24, 2.45) is 5.41 Å². The van der Waals surface area contributed by atoms with Crippen LogP contribution in [0.3, 0.4) is 0 Å². The van der Waals surface area contributed by atoms with Gasteiger partial charge in [0, 0.05) is 32.1 Å². The first kappa shape index (κ1) is 19.9. The Labute approximate surface area is 155 Å². The Morgan fingerprint density at radius 3 is 2.35 bits per heavy atom. The predicted molar refractivity (Wildman–Crippen MR) is 99.2 cm³/mol. The summed E-state index contributed by atoms with van der Waals surface area (Å²) in [5.74, 6) is -0.535. The molecule has 1 aromatic carbocycles. The zero-order valence-electron chi connectivity index (χ0n) is 15.8. The van der Waals surface area contributed by atoms with Crippen LogP contribution < -0.4 is 0 Å². The zero-order valence-corrected chi connectivity index (χ0v) is 15.8. The van der Waals surface area contributed by atoms with Crippen molar-refractivity contribution in [1.82, 2.24) is 4.90 Å². The maximum Gasteiger partial charge on any atom is 0.307 e. The topological polar surface area (TPSA) is 63.7 Å². The van der Waals surface area contributed by atoms with Crippen molar-refractivity contribution in [3.63, 3.8) is 0 Å². The molecule has 1 aliphatic rings. The van der Waals surface area contributed by atoms with E-state index in [0.29, 0.717) is 32.5 Å². The van der Waals surface area contributed by atoms with Gasteiger partial charge in [0.05, 0.1) is 18.6 Å². The fourth-order valence-electron chi connectivity index (χ4n) is 3.08. The second-order valence-electron chi connectivity index (χ2n) is 7.42. The molecule has 0 N–H and O–H groups in total. The summed E-state index contributed by atoms with van der Waals surface area (Å²) in [4.78, 5) is 38.4. The summed E-state index contributed by atoms with van der Waals surface area (Å²) in [5.41, 5.74) is 0.995. The first-order valence-corrected chi connectivity index (χ1v) is 9.02. The molecule has 140 valence electrons. The summed E-state index contributed by atoms with van der Waals surface area (Å²) in [6.45, 7) is 6.88. The third-order valence-electron chi connectivity index (χ3n) is 4.33. The van der Waals surface area contributed by atoms with Gasteiger partial charge in [-0.05, 0) is 17.9 Å². The maximum absolute atomic E-state index is 12.4. The van der Waals surface area contributed by atoms with Crippen LogP contribution in [0.1, 0.15) is 45.6 Å². The van der Waals surface area contributed by atoms with E-state index in [4.69, 9.17) is 4.74 Å². The third kappa shape index (κ3) is 5.83. The lowest BCUT2D eigenvalue weighted by Gasteiger charge is -2.30. The van der Waals surface area contributed by atoms with Crippen LogP contribution in [-0.2, 0) is 25.7 Å². The van der Waals surface area contributed by atoms with Gasteiger partial charge in [0.1, 0.15) is 0 Å². The minimum atomic E-state index is -0.291. The Bertz CT molecular complexity index is 669. The monoisotopic (exact) mass is 357 g/mol. The Balaban J connectivity index is 2.18. The molecule has 26 heavy (non-hydrogen) atoms. The molecule has 0 bridgehead atoms. The van der Waals surface area contributed by atoms with Gasteiger partial charge in [-0.2, -0.15) is 0 Å². The molecule has 0 radical (unpaired) electrons. The van der Waals surface area contributed by atoms with E-state index in [1.807, 2.05) is 49.1 Å². The molecule has 1 saturated carbocycles. The molecule has 0 amide bonds. The zero-order chi connectivity index (χ0) is 19.2. The quantitative estimate of drug-likeness (QED) is 0.426. The van der Waals surface area contributed by atoms with E-state index in [-0.39, 0.29) is 34.9 Å². The molecular weight excluding hydrogens is 330 g/mol. The number of hydrogen-bond acceptors (Lipinski definition) is 5. The molecule has 0 unspecified atom stereocenters. The fourth-order valence-corrected chi connectivity index (χ4v) is 3.08. The first-order chi connectivity index (χ1) is 12.3. The number of Topliss-reactive ketones (excluding diaryl/α,β-unsaturated/α-hetero) is 2. The van der Waals surface area contributed by atoms with Crippen molar-refractivity contribution in [2.75, 3.05) is 13.2 Å². The number of ether oxygens (including phenoxy) is 1. The minimum absolute atomic E-state index is 0.125. The molecule has 0 aliphatic heterocycles. The van der Waals surface area contributed by atoms with Crippen molar-refractivity contribution in [1.29, 1.82) is 0 Å². The van der Waals surface area contributed by atoms with Crippen LogP contribution in [-0.4, -0.2) is 35.6 Å². The molecule has 2 rings (SSSR count). The van der Waals surface area contributed by atoms with Crippen molar-refractivity contribution in [2.45, 2.75) is 46.6 Å². The Morgan fingerprint density at radius 2 is 1.77 bits per heavy atom. The van der Waals surface area contributed by atoms with Gasteiger partial charge in [-0.25, -0.2) is 0 Å². The summed E-state index contributed by atoms with van der Waals surface area (Å²) in [6.07, 6.45) is 2.56. The van der Waals surface area contributed by atoms with Crippen molar-refractivity contribution in [3.8, 4) is 0 Å². The second-order valence-corrected chi connectivity index (χ2v) is 7.42. The molecule has 0 aromatic heterocycles. The number of hydrogen-bond donors (Lipinski definition) is 0. The third-order valence-corrected chi connectivity index (χ3v) is 4.33. The van der Waals surface area contributed by atoms with Gasteiger partial charge in [0.15, 0.2) is 11.6 Å². The molecule has 5 nitrogen and oxygen atoms in total. The minimum Gasteiger partial charge on any atom is -0.466 e. The van der Waals surface area contributed by atoms with Crippen LogP contribution in [0.2, 0.25) is 0 Å². The highest BCUT2D eigenvalue weighted by molar-refractivity contribution is 6.22. The van der Waals surface area contributed by atoms with Crippen LogP contribution in [0.25, 0.3) is 0 Å². The van der Waals surface area contributed by atoms with Crippen molar-refractivity contribution >= 4 is 17.5 Å². The lowest BCUT2D eigenvalue weighted by molar-refractivity contribution is -0.143. The molecule has 1 aromatic rings. The van der Waals surface area contributed by atoms with Crippen molar-refractivity contribution < 1.29 is 19.1 Å². The maximum atomic E-state index is 12.4. The average molecular weight is 357 g/mol. The number of rotatable bonds is 7. The van der Waals surface area contributed by atoms with Gasteiger partial charge in [0.25, 0.3) is 0 Å². The molecule has 5 heteroatoms. The van der Waals surface area contributed by atoms with E-state index in [0.717, 1.165) is 5.56 Å². The Morgan fingerprint density at radius 1 is 1.15 bits per heavy atom. The first-order valence-electron chi connectivity index (χ1n) is 9.02. The molecule has 0 atom stereocenters. The van der Waals surface area contributed by atoms with Crippen LogP contribution in [0.5, 0.6) is 0 Å². The number of benzene rings is 1. The number of nitrogens with zero attached hydrogens (tertiary/aromatic N) is 1. The predicted octanol–water partition coefficient (Wildman–Crippen LogP) is 3.28. The van der Waals surface area contributed by atoms with E-state index in [9.17, 15) is 14.4 Å². The molecule has 0 spiro atoms. The highest BCUT2D eigenvalue weighted by Crippen LogP contribution is 2.33. The van der Waals surface area contributed by atoms with E-state index in [1.54, 1.807) is 13.1 Å².